The van der Waals surface area contributed by atoms with Gasteiger partial charge in [0, 0.05) is 30.3 Å². The normalized spacial score (nSPS) is 30.9. The molecule has 0 spiro atoms. The van der Waals surface area contributed by atoms with Crippen molar-refractivity contribution in [3.05, 3.63) is 17.1 Å². The van der Waals surface area contributed by atoms with E-state index in [1.165, 1.54) is 17.7 Å². The van der Waals surface area contributed by atoms with E-state index in [-0.39, 0.29) is 5.92 Å². The summed E-state index contributed by atoms with van der Waals surface area (Å²) in [6, 6.07) is 0. The molecular weight excluding hydrogens is 226 g/mol. The molecule has 2 aliphatic rings. The number of β-amino-alcohol motifs (C(OH)–C–C–N with tert-alkyl or cyclic N) is 1. The Morgan fingerprint density at radius 3 is 2.78 bits per heavy atom. The van der Waals surface area contributed by atoms with Gasteiger partial charge in [0.15, 0.2) is 0 Å². The number of aliphatic hydroxyl groups is 1. The van der Waals surface area contributed by atoms with Crippen LogP contribution in [0.1, 0.15) is 37.4 Å². The summed E-state index contributed by atoms with van der Waals surface area (Å²) in [4.78, 5) is 11.4. The zero-order valence-electron chi connectivity index (χ0n) is 11.4. The first-order chi connectivity index (χ1) is 8.47. The summed E-state index contributed by atoms with van der Waals surface area (Å²) in [6.45, 7) is 7.55. The van der Waals surface area contributed by atoms with Crippen molar-refractivity contribution in [2.45, 2.75) is 45.6 Å². The summed E-state index contributed by atoms with van der Waals surface area (Å²) >= 11 is 0. The molecular formula is C14H21N3O. The molecule has 0 saturated carbocycles. The van der Waals surface area contributed by atoms with Gasteiger partial charge in [0.2, 0.25) is 0 Å². The highest BCUT2D eigenvalue weighted by molar-refractivity contribution is 5.52. The Labute approximate surface area is 108 Å². The van der Waals surface area contributed by atoms with Crippen molar-refractivity contribution in [3.8, 4) is 0 Å². The molecule has 1 aromatic rings. The monoisotopic (exact) mass is 247 g/mol. The van der Waals surface area contributed by atoms with Gasteiger partial charge in [-0.2, -0.15) is 0 Å². The smallest absolute Gasteiger partial charge is 0.135 e. The van der Waals surface area contributed by atoms with Gasteiger partial charge < -0.3 is 10.0 Å². The highest BCUT2D eigenvalue weighted by Crippen LogP contribution is 2.35. The standard InChI is InChI=1S/C14H21N3O/c1-9-7-17(8-14(9,3)18)13-11-5-4-6-12(11)15-10(2)16-13/h9,18H,4-8H2,1-3H3. The summed E-state index contributed by atoms with van der Waals surface area (Å²) < 4.78 is 0. The molecule has 1 saturated heterocycles. The minimum Gasteiger partial charge on any atom is -0.388 e. The molecule has 18 heavy (non-hydrogen) atoms. The van der Waals surface area contributed by atoms with Crippen LogP contribution in [0.4, 0.5) is 5.82 Å². The topological polar surface area (TPSA) is 49.2 Å². The second-order valence-electron chi connectivity index (χ2n) is 6.01. The molecule has 2 atom stereocenters. The summed E-state index contributed by atoms with van der Waals surface area (Å²) in [5.74, 6) is 2.20. The van der Waals surface area contributed by atoms with E-state index >= 15 is 0 Å². The van der Waals surface area contributed by atoms with E-state index in [9.17, 15) is 5.11 Å². The molecule has 1 aliphatic carbocycles. The molecule has 1 fully saturated rings. The van der Waals surface area contributed by atoms with Gasteiger partial charge in [-0.15, -0.1) is 0 Å². The highest BCUT2D eigenvalue weighted by atomic mass is 16.3. The average Bonchev–Trinajstić information content (AvgIpc) is 2.83. The van der Waals surface area contributed by atoms with Gasteiger partial charge in [-0.3, -0.25) is 0 Å². The Kier molecular flexibility index (Phi) is 2.59. The third-order valence-electron chi connectivity index (χ3n) is 4.39. The maximum atomic E-state index is 10.3. The SMILES string of the molecule is Cc1nc2c(c(N3CC(C)C(C)(O)C3)n1)CCC2. The summed E-state index contributed by atoms with van der Waals surface area (Å²) in [5.41, 5.74) is 1.92. The van der Waals surface area contributed by atoms with E-state index in [0.29, 0.717) is 6.54 Å². The predicted octanol–water partition coefficient (Wildman–Crippen LogP) is 1.48. The van der Waals surface area contributed by atoms with Crippen molar-refractivity contribution >= 4 is 5.82 Å². The molecule has 1 aromatic heterocycles. The number of fused-ring (bicyclic) bond motifs is 1. The molecule has 2 heterocycles. The molecule has 0 radical (unpaired) electrons. The van der Waals surface area contributed by atoms with Crippen LogP contribution in [-0.2, 0) is 12.8 Å². The van der Waals surface area contributed by atoms with Gasteiger partial charge in [-0.1, -0.05) is 6.92 Å². The number of rotatable bonds is 1. The van der Waals surface area contributed by atoms with Crippen molar-refractivity contribution in [2.24, 2.45) is 5.92 Å². The Morgan fingerprint density at radius 2 is 2.11 bits per heavy atom. The molecule has 1 N–H and O–H groups in total. The fourth-order valence-electron chi connectivity index (χ4n) is 3.09. The molecule has 1 aliphatic heterocycles. The van der Waals surface area contributed by atoms with Crippen LogP contribution in [0.15, 0.2) is 0 Å². The Bertz CT molecular complexity index is 484. The van der Waals surface area contributed by atoms with Gasteiger partial charge in [-0.05, 0) is 33.1 Å². The third-order valence-corrected chi connectivity index (χ3v) is 4.39. The lowest BCUT2D eigenvalue weighted by Crippen LogP contribution is -2.33. The largest absolute Gasteiger partial charge is 0.388 e. The van der Waals surface area contributed by atoms with Gasteiger partial charge in [-0.25, -0.2) is 9.97 Å². The van der Waals surface area contributed by atoms with Crippen molar-refractivity contribution < 1.29 is 5.11 Å². The molecule has 4 nitrogen and oxygen atoms in total. The van der Waals surface area contributed by atoms with E-state index in [0.717, 1.165) is 31.0 Å². The second kappa shape index (κ2) is 3.92. The number of hydrogen-bond acceptors (Lipinski definition) is 4. The van der Waals surface area contributed by atoms with E-state index in [2.05, 4.69) is 21.8 Å². The molecule has 2 unspecified atom stereocenters. The van der Waals surface area contributed by atoms with Crippen LogP contribution >= 0.6 is 0 Å². The van der Waals surface area contributed by atoms with Crippen LogP contribution < -0.4 is 4.90 Å². The first kappa shape index (κ1) is 11.9. The van der Waals surface area contributed by atoms with Crippen molar-refractivity contribution in [2.75, 3.05) is 18.0 Å². The summed E-state index contributed by atoms with van der Waals surface area (Å²) in [7, 11) is 0. The first-order valence-electron chi connectivity index (χ1n) is 6.81. The van der Waals surface area contributed by atoms with Gasteiger partial charge in [0.25, 0.3) is 0 Å². The second-order valence-corrected chi connectivity index (χ2v) is 6.01. The van der Waals surface area contributed by atoms with Gasteiger partial charge >= 0.3 is 0 Å². The van der Waals surface area contributed by atoms with Crippen molar-refractivity contribution in [1.82, 2.24) is 9.97 Å². The Morgan fingerprint density at radius 1 is 1.33 bits per heavy atom. The average molecular weight is 247 g/mol. The van der Waals surface area contributed by atoms with Gasteiger partial charge in [0.1, 0.15) is 11.6 Å². The fourth-order valence-corrected chi connectivity index (χ4v) is 3.09. The zero-order chi connectivity index (χ0) is 12.9. The first-order valence-corrected chi connectivity index (χ1v) is 6.81. The Hall–Kier alpha value is -1.16. The molecule has 4 heteroatoms. The van der Waals surface area contributed by atoms with E-state index < -0.39 is 5.60 Å². The quantitative estimate of drug-likeness (QED) is 0.816. The molecule has 0 bridgehead atoms. The van der Waals surface area contributed by atoms with Crippen LogP contribution in [0.3, 0.4) is 0 Å². The van der Waals surface area contributed by atoms with E-state index in [4.69, 9.17) is 0 Å². The van der Waals surface area contributed by atoms with Crippen LogP contribution in [0.25, 0.3) is 0 Å². The molecule has 3 rings (SSSR count). The molecule has 98 valence electrons. The minimum absolute atomic E-state index is 0.282. The van der Waals surface area contributed by atoms with E-state index in [1.54, 1.807) is 0 Å². The maximum Gasteiger partial charge on any atom is 0.135 e. The number of nitrogens with zero attached hydrogens (tertiary/aromatic N) is 3. The zero-order valence-corrected chi connectivity index (χ0v) is 11.4. The van der Waals surface area contributed by atoms with E-state index in [1.807, 2.05) is 13.8 Å². The fraction of sp³-hybridized carbons (Fsp3) is 0.714. The number of aromatic nitrogens is 2. The summed E-state index contributed by atoms with van der Waals surface area (Å²) in [6.07, 6.45) is 3.34. The van der Waals surface area contributed by atoms with Crippen molar-refractivity contribution in [3.63, 3.8) is 0 Å². The molecule has 0 amide bonds. The number of anilines is 1. The van der Waals surface area contributed by atoms with Crippen LogP contribution in [0.5, 0.6) is 0 Å². The van der Waals surface area contributed by atoms with Crippen LogP contribution in [-0.4, -0.2) is 33.8 Å². The van der Waals surface area contributed by atoms with Crippen molar-refractivity contribution in [1.29, 1.82) is 0 Å². The maximum absolute atomic E-state index is 10.3. The van der Waals surface area contributed by atoms with Gasteiger partial charge in [0.05, 0.1) is 5.60 Å². The van der Waals surface area contributed by atoms with Crippen LogP contribution in [0.2, 0.25) is 0 Å². The highest BCUT2D eigenvalue weighted by Gasteiger charge is 2.40. The minimum atomic E-state index is -0.607. The lowest BCUT2D eigenvalue weighted by molar-refractivity contribution is 0.0443. The Balaban J connectivity index is 1.99. The number of aryl methyl sites for hydroxylation is 2. The van der Waals surface area contributed by atoms with Crippen LogP contribution in [0, 0.1) is 12.8 Å². The lowest BCUT2D eigenvalue weighted by Gasteiger charge is -2.22. The predicted molar refractivity (Wildman–Crippen MR) is 70.8 cm³/mol. The lowest BCUT2D eigenvalue weighted by atomic mass is 9.95. The number of hydrogen-bond donors (Lipinski definition) is 1. The summed E-state index contributed by atoms with van der Waals surface area (Å²) in [5, 5.41) is 10.3. The third kappa shape index (κ3) is 1.79. The molecule has 0 aromatic carbocycles.